The highest BCUT2D eigenvalue weighted by Crippen LogP contribution is 2.17. The maximum Gasteiger partial charge on any atom is 0.144 e. The Labute approximate surface area is 100 Å². The van der Waals surface area contributed by atoms with Crippen LogP contribution in [0, 0.1) is 18.3 Å². The number of aliphatic hydroxyl groups is 1. The van der Waals surface area contributed by atoms with Crippen molar-refractivity contribution in [1.82, 2.24) is 4.98 Å². The number of anilines is 2. The van der Waals surface area contributed by atoms with Gasteiger partial charge < -0.3 is 20.9 Å². The van der Waals surface area contributed by atoms with Crippen molar-refractivity contribution < 1.29 is 9.84 Å². The molecule has 0 unspecified atom stereocenters. The Balaban J connectivity index is 2.53. The van der Waals surface area contributed by atoms with E-state index >= 15 is 0 Å². The summed E-state index contributed by atoms with van der Waals surface area (Å²) < 4.78 is 5.09. The first-order valence-electron chi connectivity index (χ1n) is 5.28. The number of aromatic nitrogens is 1. The molecular formula is C11H16N4O2. The number of nitrogens with zero attached hydrogens (tertiary/aromatic N) is 2. The van der Waals surface area contributed by atoms with E-state index < -0.39 is 0 Å². The van der Waals surface area contributed by atoms with Crippen LogP contribution in [0.4, 0.5) is 11.6 Å². The maximum atomic E-state index is 8.83. The zero-order chi connectivity index (χ0) is 12.7. The molecule has 0 saturated carbocycles. The number of nitriles is 1. The molecule has 0 aliphatic carbocycles. The summed E-state index contributed by atoms with van der Waals surface area (Å²) >= 11 is 0. The molecule has 4 N–H and O–H groups in total. The van der Waals surface area contributed by atoms with E-state index in [4.69, 9.17) is 20.8 Å². The Bertz CT molecular complexity index is 391. The molecule has 0 amide bonds. The van der Waals surface area contributed by atoms with E-state index in [1.807, 2.05) is 13.0 Å². The third-order valence-electron chi connectivity index (χ3n) is 2.14. The fourth-order valence-corrected chi connectivity index (χ4v) is 1.35. The Morgan fingerprint density at radius 3 is 2.94 bits per heavy atom. The van der Waals surface area contributed by atoms with Crippen LogP contribution in [0.5, 0.6) is 0 Å². The minimum atomic E-state index is 0.0151. The number of ether oxygens (including phenoxy) is 1. The van der Waals surface area contributed by atoms with Crippen LogP contribution in [0.25, 0.3) is 0 Å². The number of aryl methyl sites for hydroxylation is 1. The van der Waals surface area contributed by atoms with Crippen LogP contribution in [0.15, 0.2) is 6.07 Å². The number of rotatable bonds is 6. The summed E-state index contributed by atoms with van der Waals surface area (Å²) in [7, 11) is 0. The summed E-state index contributed by atoms with van der Waals surface area (Å²) in [6, 6.07) is 3.77. The summed E-state index contributed by atoms with van der Waals surface area (Å²) in [6.07, 6.45) is 0. The monoisotopic (exact) mass is 236 g/mol. The van der Waals surface area contributed by atoms with Crippen molar-refractivity contribution in [2.45, 2.75) is 6.92 Å². The highest BCUT2D eigenvalue weighted by atomic mass is 16.5. The Morgan fingerprint density at radius 1 is 1.59 bits per heavy atom. The molecule has 0 bridgehead atoms. The van der Waals surface area contributed by atoms with Gasteiger partial charge >= 0.3 is 0 Å². The number of nitrogen functional groups attached to an aromatic ring is 1. The zero-order valence-corrected chi connectivity index (χ0v) is 9.73. The third kappa shape index (κ3) is 3.90. The van der Waals surface area contributed by atoms with Gasteiger partial charge in [0.25, 0.3) is 0 Å². The van der Waals surface area contributed by atoms with Crippen molar-refractivity contribution in [2.24, 2.45) is 0 Å². The van der Waals surface area contributed by atoms with E-state index in [0.717, 1.165) is 5.56 Å². The molecule has 1 aromatic rings. The lowest BCUT2D eigenvalue weighted by atomic mass is 10.1. The number of aliphatic hydroxyl groups excluding tert-OH is 1. The largest absolute Gasteiger partial charge is 0.394 e. The van der Waals surface area contributed by atoms with Crippen LogP contribution in [-0.4, -0.2) is 36.5 Å². The van der Waals surface area contributed by atoms with Gasteiger partial charge in [0.2, 0.25) is 0 Å². The number of nitrogens with one attached hydrogen (secondary N) is 1. The molecule has 0 spiro atoms. The summed E-state index contributed by atoms with van der Waals surface area (Å²) in [5, 5.41) is 20.4. The van der Waals surface area contributed by atoms with Crippen molar-refractivity contribution in [3.05, 3.63) is 17.2 Å². The van der Waals surface area contributed by atoms with Crippen LogP contribution >= 0.6 is 0 Å². The van der Waals surface area contributed by atoms with Gasteiger partial charge in [0.05, 0.1) is 25.4 Å². The van der Waals surface area contributed by atoms with Gasteiger partial charge in [-0.3, -0.25) is 0 Å². The van der Waals surface area contributed by atoms with Gasteiger partial charge in [0.1, 0.15) is 17.7 Å². The summed E-state index contributed by atoms with van der Waals surface area (Å²) in [5.74, 6) is 0.845. The van der Waals surface area contributed by atoms with Crippen LogP contribution in [0.2, 0.25) is 0 Å². The van der Waals surface area contributed by atoms with Gasteiger partial charge in [0, 0.05) is 6.54 Å². The second kappa shape index (κ2) is 6.68. The van der Waals surface area contributed by atoms with Crippen molar-refractivity contribution in [2.75, 3.05) is 37.4 Å². The third-order valence-corrected chi connectivity index (χ3v) is 2.14. The van der Waals surface area contributed by atoms with Crippen molar-refractivity contribution in [3.8, 4) is 6.07 Å². The fraction of sp³-hybridized carbons (Fsp3) is 0.455. The SMILES string of the molecule is Cc1cc(NCCOCCO)nc(N)c1C#N. The average Bonchev–Trinajstić information content (AvgIpc) is 2.28. The Hall–Kier alpha value is -1.84. The van der Waals surface area contributed by atoms with Crippen LogP contribution in [0.3, 0.4) is 0 Å². The molecule has 1 rings (SSSR count). The summed E-state index contributed by atoms with van der Waals surface area (Å²) in [4.78, 5) is 4.06. The van der Waals surface area contributed by atoms with Crippen molar-refractivity contribution in [1.29, 1.82) is 5.26 Å². The molecule has 1 aromatic heterocycles. The second-order valence-electron chi connectivity index (χ2n) is 3.46. The highest BCUT2D eigenvalue weighted by Gasteiger charge is 2.06. The van der Waals surface area contributed by atoms with Gasteiger partial charge in [-0.25, -0.2) is 4.98 Å². The quantitative estimate of drug-likeness (QED) is 0.612. The van der Waals surface area contributed by atoms with E-state index in [9.17, 15) is 0 Å². The van der Waals surface area contributed by atoms with Crippen LogP contribution in [-0.2, 0) is 4.74 Å². The normalized spacial score (nSPS) is 9.94. The first-order valence-corrected chi connectivity index (χ1v) is 5.28. The molecule has 0 atom stereocenters. The lowest BCUT2D eigenvalue weighted by molar-refractivity contribution is 0.0992. The predicted molar refractivity (Wildman–Crippen MR) is 64.5 cm³/mol. The van der Waals surface area contributed by atoms with Gasteiger partial charge in [-0.2, -0.15) is 5.26 Å². The molecule has 0 fully saturated rings. The van der Waals surface area contributed by atoms with E-state index in [1.165, 1.54) is 0 Å². The van der Waals surface area contributed by atoms with E-state index in [1.54, 1.807) is 6.07 Å². The van der Waals surface area contributed by atoms with Crippen LogP contribution < -0.4 is 11.1 Å². The predicted octanol–water partition coefficient (Wildman–Crippen LogP) is 0.265. The first kappa shape index (κ1) is 13.2. The van der Waals surface area contributed by atoms with Crippen LogP contribution in [0.1, 0.15) is 11.1 Å². The van der Waals surface area contributed by atoms with Gasteiger partial charge in [-0.05, 0) is 18.6 Å². The number of nitrogens with two attached hydrogens (primary N) is 1. The standard InChI is InChI=1S/C11H16N4O2/c1-8-6-10(14-2-4-17-5-3-16)15-11(13)9(8)7-12/h6,16H,2-5H2,1H3,(H3,13,14,15). The van der Waals surface area contributed by atoms with Crippen molar-refractivity contribution in [3.63, 3.8) is 0 Å². The zero-order valence-electron chi connectivity index (χ0n) is 9.73. The average molecular weight is 236 g/mol. The molecule has 0 aromatic carbocycles. The van der Waals surface area contributed by atoms with E-state index in [2.05, 4.69) is 10.3 Å². The highest BCUT2D eigenvalue weighted by molar-refractivity contribution is 5.58. The fourth-order valence-electron chi connectivity index (χ4n) is 1.35. The lowest BCUT2D eigenvalue weighted by Crippen LogP contribution is -2.13. The van der Waals surface area contributed by atoms with Gasteiger partial charge in [-0.1, -0.05) is 0 Å². The summed E-state index contributed by atoms with van der Waals surface area (Å²) in [6.45, 7) is 3.19. The lowest BCUT2D eigenvalue weighted by Gasteiger charge is -2.09. The second-order valence-corrected chi connectivity index (χ2v) is 3.46. The molecule has 6 heteroatoms. The molecule has 0 aliphatic rings. The first-order chi connectivity index (χ1) is 8.19. The van der Waals surface area contributed by atoms with Gasteiger partial charge in [0.15, 0.2) is 0 Å². The Kier molecular flexibility index (Phi) is 5.20. The van der Waals surface area contributed by atoms with Crippen molar-refractivity contribution >= 4 is 11.6 Å². The minimum absolute atomic E-state index is 0.0151. The molecule has 0 radical (unpaired) electrons. The molecule has 0 aliphatic heterocycles. The molecule has 92 valence electrons. The number of hydrogen-bond acceptors (Lipinski definition) is 6. The number of hydrogen-bond donors (Lipinski definition) is 3. The smallest absolute Gasteiger partial charge is 0.144 e. The number of pyridine rings is 1. The maximum absolute atomic E-state index is 8.83. The molecule has 6 nitrogen and oxygen atoms in total. The molecular weight excluding hydrogens is 220 g/mol. The molecule has 1 heterocycles. The summed E-state index contributed by atoms with van der Waals surface area (Å²) in [5.41, 5.74) is 6.85. The topological polar surface area (TPSA) is 104 Å². The Morgan fingerprint density at radius 2 is 2.35 bits per heavy atom. The van der Waals surface area contributed by atoms with E-state index in [0.29, 0.717) is 31.1 Å². The molecule has 17 heavy (non-hydrogen) atoms. The van der Waals surface area contributed by atoms with E-state index in [-0.39, 0.29) is 12.4 Å². The minimum Gasteiger partial charge on any atom is -0.394 e. The molecule has 0 saturated heterocycles. The van der Waals surface area contributed by atoms with Gasteiger partial charge in [-0.15, -0.1) is 0 Å².